The number of carbonyl (C=O) groups is 1. The molecule has 0 unspecified atom stereocenters. The Morgan fingerprint density at radius 3 is 1.65 bits per heavy atom. The number of primary amides is 1. The summed E-state index contributed by atoms with van der Waals surface area (Å²) in [6, 6.07) is 0. The molecule has 0 saturated carbocycles. The monoisotopic (exact) mass is 249 g/mol. The van der Waals surface area contributed by atoms with Crippen molar-refractivity contribution in [3.05, 3.63) is 0 Å². The van der Waals surface area contributed by atoms with E-state index in [-0.39, 0.29) is 6.61 Å². The highest BCUT2D eigenvalue weighted by Crippen LogP contribution is 1.83. The van der Waals surface area contributed by atoms with Gasteiger partial charge < -0.3 is 24.7 Å². The summed E-state index contributed by atoms with van der Waals surface area (Å²) in [7, 11) is 0. The molecule has 0 fully saturated rings. The Morgan fingerprint density at radius 1 is 0.824 bits per heavy atom. The van der Waals surface area contributed by atoms with Gasteiger partial charge in [0.2, 0.25) is 5.91 Å². The van der Waals surface area contributed by atoms with Crippen molar-refractivity contribution in [1.82, 2.24) is 0 Å². The number of rotatable bonds is 13. The van der Waals surface area contributed by atoms with Crippen molar-refractivity contribution in [2.75, 3.05) is 52.9 Å². The Labute approximate surface area is 102 Å². The van der Waals surface area contributed by atoms with Crippen molar-refractivity contribution in [2.24, 2.45) is 5.73 Å². The van der Waals surface area contributed by atoms with Gasteiger partial charge in [-0.3, -0.25) is 4.79 Å². The molecule has 0 saturated heterocycles. The van der Waals surface area contributed by atoms with E-state index < -0.39 is 5.91 Å². The van der Waals surface area contributed by atoms with Crippen LogP contribution in [0, 0.1) is 0 Å². The van der Waals surface area contributed by atoms with Gasteiger partial charge in [0.1, 0.15) is 6.61 Å². The molecule has 0 aromatic rings. The minimum Gasteiger partial charge on any atom is -0.379 e. The number of hydrogen-bond acceptors (Lipinski definition) is 5. The summed E-state index contributed by atoms with van der Waals surface area (Å²) in [6.07, 6.45) is 1.02. The van der Waals surface area contributed by atoms with Gasteiger partial charge >= 0.3 is 0 Å². The lowest BCUT2D eigenvalue weighted by atomic mass is 10.5. The predicted octanol–water partition coefficient (Wildman–Crippen LogP) is -0.0519. The molecule has 0 bridgehead atoms. The molecular formula is C11H23NO5. The number of nitrogens with two attached hydrogens (primary N) is 1. The molecule has 102 valence electrons. The Bertz CT molecular complexity index is 177. The van der Waals surface area contributed by atoms with Crippen LogP contribution in [-0.4, -0.2) is 58.8 Å². The Balaban J connectivity index is 2.91. The molecule has 6 nitrogen and oxygen atoms in total. The Morgan fingerprint density at radius 2 is 1.24 bits per heavy atom. The molecule has 2 N–H and O–H groups in total. The molecule has 1 amide bonds. The summed E-state index contributed by atoms with van der Waals surface area (Å²) >= 11 is 0. The van der Waals surface area contributed by atoms with E-state index >= 15 is 0 Å². The van der Waals surface area contributed by atoms with Crippen molar-refractivity contribution in [1.29, 1.82) is 0 Å². The SMILES string of the molecule is CCCOCCOCCOCCOCC(N)=O. The third kappa shape index (κ3) is 15.3. The summed E-state index contributed by atoms with van der Waals surface area (Å²) in [5.74, 6) is -0.472. The van der Waals surface area contributed by atoms with E-state index in [1.807, 2.05) is 0 Å². The number of hydrogen-bond donors (Lipinski definition) is 1. The molecule has 0 aromatic heterocycles. The van der Waals surface area contributed by atoms with Gasteiger partial charge in [-0.25, -0.2) is 0 Å². The van der Waals surface area contributed by atoms with Crippen LogP contribution in [0.25, 0.3) is 0 Å². The highest BCUT2D eigenvalue weighted by molar-refractivity contribution is 5.74. The minimum atomic E-state index is -0.472. The van der Waals surface area contributed by atoms with Crippen LogP contribution in [0.5, 0.6) is 0 Å². The average molecular weight is 249 g/mol. The van der Waals surface area contributed by atoms with E-state index in [2.05, 4.69) is 6.92 Å². The number of amides is 1. The van der Waals surface area contributed by atoms with E-state index in [4.69, 9.17) is 24.7 Å². The second kappa shape index (κ2) is 13.4. The first-order chi connectivity index (χ1) is 8.27. The molecule has 0 heterocycles. The molecule has 0 aliphatic carbocycles. The predicted molar refractivity (Wildman–Crippen MR) is 62.8 cm³/mol. The summed E-state index contributed by atoms with van der Waals surface area (Å²) in [5, 5.41) is 0. The van der Waals surface area contributed by atoms with Crippen LogP contribution in [0.4, 0.5) is 0 Å². The van der Waals surface area contributed by atoms with Crippen LogP contribution in [0.15, 0.2) is 0 Å². The molecule has 0 aromatic carbocycles. The maximum absolute atomic E-state index is 10.3. The van der Waals surface area contributed by atoms with Crippen LogP contribution in [0.2, 0.25) is 0 Å². The quantitative estimate of drug-likeness (QED) is 0.463. The normalized spacial score (nSPS) is 10.6. The van der Waals surface area contributed by atoms with E-state index in [1.54, 1.807) is 0 Å². The van der Waals surface area contributed by atoms with Crippen molar-refractivity contribution in [3.8, 4) is 0 Å². The molecule has 6 heteroatoms. The van der Waals surface area contributed by atoms with Crippen LogP contribution in [0.1, 0.15) is 13.3 Å². The summed E-state index contributed by atoms with van der Waals surface area (Å²) in [5.41, 5.74) is 4.89. The van der Waals surface area contributed by atoms with Gasteiger partial charge in [-0.2, -0.15) is 0 Å². The van der Waals surface area contributed by atoms with Crippen LogP contribution in [-0.2, 0) is 23.7 Å². The largest absolute Gasteiger partial charge is 0.379 e. The fourth-order valence-corrected chi connectivity index (χ4v) is 0.977. The number of carbonyl (C=O) groups excluding carboxylic acids is 1. The zero-order chi connectivity index (χ0) is 12.8. The standard InChI is InChI=1S/C11H23NO5/c1-2-3-14-4-5-15-6-7-16-8-9-17-10-11(12)13/h2-10H2,1H3,(H2,12,13). The smallest absolute Gasteiger partial charge is 0.243 e. The van der Waals surface area contributed by atoms with Gasteiger partial charge in [0.05, 0.1) is 39.6 Å². The van der Waals surface area contributed by atoms with Crippen molar-refractivity contribution < 1.29 is 23.7 Å². The zero-order valence-electron chi connectivity index (χ0n) is 10.5. The Hall–Kier alpha value is -0.690. The first-order valence-corrected chi connectivity index (χ1v) is 5.86. The molecule has 0 aliphatic rings. The third-order valence-corrected chi connectivity index (χ3v) is 1.71. The van der Waals surface area contributed by atoms with Crippen molar-refractivity contribution >= 4 is 5.91 Å². The van der Waals surface area contributed by atoms with E-state index in [0.717, 1.165) is 13.0 Å². The van der Waals surface area contributed by atoms with Crippen LogP contribution < -0.4 is 5.73 Å². The maximum atomic E-state index is 10.3. The molecule has 0 radical (unpaired) electrons. The number of ether oxygens (including phenoxy) is 4. The molecular weight excluding hydrogens is 226 g/mol. The fourth-order valence-electron chi connectivity index (χ4n) is 0.977. The van der Waals surface area contributed by atoms with E-state index in [9.17, 15) is 4.79 Å². The lowest BCUT2D eigenvalue weighted by molar-refractivity contribution is -0.123. The highest BCUT2D eigenvalue weighted by Gasteiger charge is 1.94. The van der Waals surface area contributed by atoms with Crippen molar-refractivity contribution in [3.63, 3.8) is 0 Å². The van der Waals surface area contributed by atoms with Gasteiger partial charge in [-0.15, -0.1) is 0 Å². The lowest BCUT2D eigenvalue weighted by Crippen LogP contribution is -2.20. The minimum absolute atomic E-state index is 0.0609. The molecule has 17 heavy (non-hydrogen) atoms. The lowest BCUT2D eigenvalue weighted by Gasteiger charge is -2.06. The maximum Gasteiger partial charge on any atom is 0.243 e. The molecule has 0 aliphatic heterocycles. The van der Waals surface area contributed by atoms with Crippen LogP contribution in [0.3, 0.4) is 0 Å². The van der Waals surface area contributed by atoms with E-state index in [0.29, 0.717) is 39.6 Å². The van der Waals surface area contributed by atoms with Gasteiger partial charge in [0, 0.05) is 6.61 Å². The average Bonchev–Trinajstić information content (AvgIpc) is 2.30. The van der Waals surface area contributed by atoms with Gasteiger partial charge in [-0.05, 0) is 6.42 Å². The molecule has 0 rings (SSSR count). The van der Waals surface area contributed by atoms with Gasteiger partial charge in [-0.1, -0.05) is 6.92 Å². The first-order valence-electron chi connectivity index (χ1n) is 5.86. The van der Waals surface area contributed by atoms with Crippen LogP contribution >= 0.6 is 0 Å². The Kier molecular flexibility index (Phi) is 12.8. The summed E-state index contributed by atoms with van der Waals surface area (Å²) in [6.45, 7) is 5.82. The second-order valence-corrected chi connectivity index (χ2v) is 3.36. The van der Waals surface area contributed by atoms with Gasteiger partial charge in [0.15, 0.2) is 0 Å². The van der Waals surface area contributed by atoms with Gasteiger partial charge in [0.25, 0.3) is 0 Å². The summed E-state index contributed by atoms with van der Waals surface area (Å²) < 4.78 is 20.6. The first kappa shape index (κ1) is 16.3. The van der Waals surface area contributed by atoms with Crippen molar-refractivity contribution in [2.45, 2.75) is 13.3 Å². The third-order valence-electron chi connectivity index (χ3n) is 1.71. The second-order valence-electron chi connectivity index (χ2n) is 3.36. The van der Waals surface area contributed by atoms with E-state index in [1.165, 1.54) is 0 Å². The fraction of sp³-hybridized carbons (Fsp3) is 0.909. The highest BCUT2D eigenvalue weighted by atomic mass is 16.6. The molecule has 0 spiro atoms. The summed E-state index contributed by atoms with van der Waals surface area (Å²) in [4.78, 5) is 10.3. The zero-order valence-corrected chi connectivity index (χ0v) is 10.5. The topological polar surface area (TPSA) is 80.0 Å². The molecule has 0 atom stereocenters.